The van der Waals surface area contributed by atoms with Crippen LogP contribution in [0.5, 0.6) is 0 Å². The van der Waals surface area contributed by atoms with E-state index in [9.17, 15) is 14.0 Å². The number of hydrogen-bond donors (Lipinski definition) is 2. The first kappa shape index (κ1) is 15.2. The quantitative estimate of drug-likeness (QED) is 0.908. The lowest BCUT2D eigenvalue weighted by Crippen LogP contribution is -2.27. The van der Waals surface area contributed by atoms with Crippen molar-refractivity contribution in [2.24, 2.45) is 0 Å². The molecule has 0 unspecified atom stereocenters. The highest BCUT2D eigenvalue weighted by molar-refractivity contribution is 6.02. The van der Waals surface area contributed by atoms with Gasteiger partial charge in [0.2, 0.25) is 11.8 Å². The van der Waals surface area contributed by atoms with Crippen LogP contribution in [0.1, 0.15) is 25.3 Å². The Morgan fingerprint density at radius 2 is 1.74 bits per heavy atom. The summed E-state index contributed by atoms with van der Waals surface area (Å²) in [6.45, 7) is 1.30. The number of nitrogens with one attached hydrogen (secondary N) is 2. The summed E-state index contributed by atoms with van der Waals surface area (Å²) in [5.74, 6) is -1.01. The lowest BCUT2D eigenvalue weighted by atomic mass is 9.95. The average molecular weight is 312 g/mol. The lowest BCUT2D eigenvalue weighted by molar-refractivity contribution is -0.118. The molecule has 0 saturated heterocycles. The van der Waals surface area contributed by atoms with Crippen LogP contribution in [-0.2, 0) is 15.0 Å². The Labute approximate surface area is 133 Å². The Hall–Kier alpha value is -2.69. The Bertz CT molecular complexity index is 755. The number of carbonyl (C=O) groups is 2. The van der Waals surface area contributed by atoms with E-state index in [4.69, 9.17) is 0 Å². The van der Waals surface area contributed by atoms with E-state index in [0.29, 0.717) is 5.69 Å². The molecule has 1 aliphatic rings. The summed E-state index contributed by atoms with van der Waals surface area (Å²) < 4.78 is 13.7. The maximum atomic E-state index is 13.7. The average Bonchev–Trinajstić information content (AvgIpc) is 3.33. The predicted octanol–water partition coefficient (Wildman–Crippen LogP) is 3.45. The summed E-state index contributed by atoms with van der Waals surface area (Å²) in [5.41, 5.74) is 1.01. The number of hydrogen-bond acceptors (Lipinski definition) is 2. The Kier molecular flexibility index (Phi) is 3.86. The van der Waals surface area contributed by atoms with Crippen LogP contribution >= 0.6 is 0 Å². The van der Waals surface area contributed by atoms with Gasteiger partial charge in [-0.05, 0) is 36.6 Å². The number of carbonyl (C=O) groups excluding carboxylic acids is 2. The van der Waals surface area contributed by atoms with E-state index < -0.39 is 11.2 Å². The van der Waals surface area contributed by atoms with Crippen LogP contribution in [0.3, 0.4) is 0 Å². The SMILES string of the molecule is CC(=O)Nc1cc(NC(=O)C2(c3ccccc3)CC2)ccc1F. The van der Waals surface area contributed by atoms with Crippen molar-refractivity contribution in [3.05, 3.63) is 59.9 Å². The zero-order valence-electron chi connectivity index (χ0n) is 12.7. The highest BCUT2D eigenvalue weighted by Crippen LogP contribution is 2.48. The van der Waals surface area contributed by atoms with Crippen molar-refractivity contribution >= 4 is 23.2 Å². The topological polar surface area (TPSA) is 58.2 Å². The molecule has 0 spiro atoms. The van der Waals surface area contributed by atoms with Crippen LogP contribution in [0.2, 0.25) is 0 Å². The van der Waals surface area contributed by atoms with Gasteiger partial charge in [0.15, 0.2) is 0 Å². The van der Waals surface area contributed by atoms with Gasteiger partial charge in [0.05, 0.1) is 11.1 Å². The van der Waals surface area contributed by atoms with E-state index in [-0.39, 0.29) is 17.5 Å². The van der Waals surface area contributed by atoms with E-state index >= 15 is 0 Å². The minimum absolute atomic E-state index is 0.0554. The van der Waals surface area contributed by atoms with Gasteiger partial charge in [0, 0.05) is 12.6 Å². The monoisotopic (exact) mass is 312 g/mol. The summed E-state index contributed by atoms with van der Waals surface area (Å²) >= 11 is 0. The van der Waals surface area contributed by atoms with Crippen molar-refractivity contribution in [3.63, 3.8) is 0 Å². The number of anilines is 2. The molecule has 0 radical (unpaired) electrons. The first-order valence-corrected chi connectivity index (χ1v) is 7.45. The van der Waals surface area contributed by atoms with E-state index in [2.05, 4.69) is 10.6 Å². The third kappa shape index (κ3) is 3.08. The number of amides is 2. The molecule has 2 amide bonds. The highest BCUT2D eigenvalue weighted by atomic mass is 19.1. The molecule has 1 saturated carbocycles. The van der Waals surface area contributed by atoms with Crippen molar-refractivity contribution in [1.82, 2.24) is 0 Å². The van der Waals surface area contributed by atoms with Gasteiger partial charge in [-0.3, -0.25) is 9.59 Å². The van der Waals surface area contributed by atoms with Crippen molar-refractivity contribution in [3.8, 4) is 0 Å². The molecule has 1 aliphatic carbocycles. The fourth-order valence-electron chi connectivity index (χ4n) is 2.67. The minimum atomic E-state index is -0.539. The molecule has 2 aromatic carbocycles. The third-order valence-corrected chi connectivity index (χ3v) is 4.05. The molecular weight excluding hydrogens is 295 g/mol. The highest BCUT2D eigenvalue weighted by Gasteiger charge is 2.51. The molecule has 4 nitrogen and oxygen atoms in total. The summed E-state index contributed by atoms with van der Waals surface area (Å²) in [4.78, 5) is 23.7. The van der Waals surface area contributed by atoms with E-state index in [1.54, 1.807) is 0 Å². The zero-order valence-corrected chi connectivity index (χ0v) is 12.7. The van der Waals surface area contributed by atoms with Gasteiger partial charge in [0.25, 0.3) is 0 Å². The van der Waals surface area contributed by atoms with Gasteiger partial charge in [-0.25, -0.2) is 4.39 Å². The van der Waals surface area contributed by atoms with Gasteiger partial charge < -0.3 is 10.6 Å². The second-order valence-electron chi connectivity index (χ2n) is 5.78. The molecule has 0 aromatic heterocycles. The van der Waals surface area contributed by atoms with Gasteiger partial charge >= 0.3 is 0 Å². The zero-order chi connectivity index (χ0) is 16.4. The maximum absolute atomic E-state index is 13.7. The second kappa shape index (κ2) is 5.83. The fraction of sp³-hybridized carbons (Fsp3) is 0.222. The molecule has 2 aromatic rings. The smallest absolute Gasteiger partial charge is 0.235 e. The third-order valence-electron chi connectivity index (χ3n) is 4.05. The Morgan fingerprint density at radius 3 is 2.35 bits per heavy atom. The first-order valence-electron chi connectivity index (χ1n) is 7.45. The van der Waals surface area contributed by atoms with Crippen LogP contribution in [0.25, 0.3) is 0 Å². The summed E-state index contributed by atoms with van der Waals surface area (Å²) in [6.07, 6.45) is 1.59. The van der Waals surface area contributed by atoms with Crippen LogP contribution in [-0.4, -0.2) is 11.8 Å². The van der Waals surface area contributed by atoms with E-state index in [1.807, 2.05) is 30.3 Å². The number of rotatable bonds is 4. The van der Waals surface area contributed by atoms with Crippen LogP contribution in [0.15, 0.2) is 48.5 Å². The molecule has 23 heavy (non-hydrogen) atoms. The molecule has 2 N–H and O–H groups in total. The van der Waals surface area contributed by atoms with Crippen molar-refractivity contribution in [2.45, 2.75) is 25.2 Å². The standard InChI is InChI=1S/C18H17FN2O2/c1-12(22)20-16-11-14(7-8-15(16)19)21-17(23)18(9-10-18)13-5-3-2-4-6-13/h2-8,11H,9-10H2,1H3,(H,20,22)(H,21,23). The lowest BCUT2D eigenvalue weighted by Gasteiger charge is -2.16. The van der Waals surface area contributed by atoms with Crippen molar-refractivity contribution in [2.75, 3.05) is 10.6 Å². The fourth-order valence-corrected chi connectivity index (χ4v) is 2.67. The van der Waals surface area contributed by atoms with Gasteiger partial charge in [0.1, 0.15) is 5.82 Å². The molecular formula is C18H17FN2O2. The minimum Gasteiger partial charge on any atom is -0.325 e. The molecule has 0 bridgehead atoms. The molecule has 0 atom stereocenters. The predicted molar refractivity (Wildman–Crippen MR) is 86.7 cm³/mol. The van der Waals surface area contributed by atoms with Crippen LogP contribution < -0.4 is 10.6 Å². The Morgan fingerprint density at radius 1 is 1.04 bits per heavy atom. The van der Waals surface area contributed by atoms with Crippen molar-refractivity contribution < 1.29 is 14.0 Å². The molecule has 0 heterocycles. The largest absolute Gasteiger partial charge is 0.325 e. The maximum Gasteiger partial charge on any atom is 0.235 e. The molecule has 5 heteroatoms. The summed E-state index contributed by atoms with van der Waals surface area (Å²) in [5, 5.41) is 5.23. The van der Waals surface area contributed by atoms with E-state index in [1.165, 1.54) is 25.1 Å². The van der Waals surface area contributed by atoms with E-state index in [0.717, 1.165) is 18.4 Å². The molecule has 1 fully saturated rings. The van der Waals surface area contributed by atoms with Crippen molar-refractivity contribution in [1.29, 1.82) is 0 Å². The first-order chi connectivity index (χ1) is 11.0. The molecule has 3 rings (SSSR count). The second-order valence-corrected chi connectivity index (χ2v) is 5.78. The van der Waals surface area contributed by atoms with Crippen LogP contribution in [0, 0.1) is 5.82 Å². The number of benzene rings is 2. The van der Waals surface area contributed by atoms with Gasteiger partial charge in [-0.1, -0.05) is 30.3 Å². The van der Waals surface area contributed by atoms with Gasteiger partial charge in [-0.15, -0.1) is 0 Å². The van der Waals surface area contributed by atoms with Gasteiger partial charge in [-0.2, -0.15) is 0 Å². The normalized spacial score (nSPS) is 14.9. The molecule has 0 aliphatic heterocycles. The Balaban J connectivity index is 1.80. The summed E-state index contributed by atoms with van der Waals surface area (Å²) in [7, 11) is 0. The summed E-state index contributed by atoms with van der Waals surface area (Å²) in [6, 6.07) is 13.8. The van der Waals surface area contributed by atoms with Crippen LogP contribution in [0.4, 0.5) is 15.8 Å². The number of halogens is 1. The molecule has 118 valence electrons.